The number of para-hydroxylation sites is 2. The highest BCUT2D eigenvalue weighted by Gasteiger charge is 2.17. The van der Waals surface area contributed by atoms with Crippen LogP contribution in [0, 0.1) is 11.6 Å². The average molecular weight is 357 g/mol. The minimum Gasteiger partial charge on any atom is -0.361 e. The standard InChI is InChI=1S/C22H13F2N3/c23-16-9-8-13(12-17(16)24)21-22(27-20-6-2-1-5-19(20)26-21)15-4-3-7-18-14(15)10-11-25-18/h1-12,25H. The van der Waals surface area contributed by atoms with Gasteiger partial charge in [0.25, 0.3) is 0 Å². The van der Waals surface area contributed by atoms with Crippen molar-refractivity contribution in [3.05, 3.63) is 84.6 Å². The van der Waals surface area contributed by atoms with Gasteiger partial charge in [-0.2, -0.15) is 0 Å². The van der Waals surface area contributed by atoms with Gasteiger partial charge in [0.15, 0.2) is 11.6 Å². The first-order valence-electron chi connectivity index (χ1n) is 8.49. The number of rotatable bonds is 2. The minimum atomic E-state index is -0.909. The molecule has 27 heavy (non-hydrogen) atoms. The number of benzene rings is 3. The van der Waals surface area contributed by atoms with Gasteiger partial charge in [-0.25, -0.2) is 18.7 Å². The maximum atomic E-state index is 13.9. The van der Waals surface area contributed by atoms with E-state index in [9.17, 15) is 8.78 Å². The summed E-state index contributed by atoms with van der Waals surface area (Å²) >= 11 is 0. The summed E-state index contributed by atoms with van der Waals surface area (Å²) in [7, 11) is 0. The van der Waals surface area contributed by atoms with E-state index in [-0.39, 0.29) is 0 Å². The van der Waals surface area contributed by atoms with E-state index in [2.05, 4.69) is 4.98 Å². The molecule has 0 fully saturated rings. The van der Waals surface area contributed by atoms with Gasteiger partial charge in [0.05, 0.1) is 22.4 Å². The molecule has 2 aromatic heterocycles. The minimum absolute atomic E-state index is 0.481. The highest BCUT2D eigenvalue weighted by molar-refractivity contribution is 5.98. The lowest BCUT2D eigenvalue weighted by Crippen LogP contribution is -1.97. The Labute approximate surface area is 153 Å². The number of halogens is 2. The van der Waals surface area contributed by atoms with Crippen LogP contribution in [0.3, 0.4) is 0 Å². The molecule has 0 amide bonds. The molecule has 0 saturated heterocycles. The van der Waals surface area contributed by atoms with Crippen molar-refractivity contribution in [1.29, 1.82) is 0 Å². The summed E-state index contributed by atoms with van der Waals surface area (Å²) in [6.07, 6.45) is 1.86. The lowest BCUT2D eigenvalue weighted by Gasteiger charge is -2.12. The maximum absolute atomic E-state index is 13.9. The van der Waals surface area contributed by atoms with Crippen LogP contribution in [-0.4, -0.2) is 15.0 Å². The first-order valence-corrected chi connectivity index (χ1v) is 8.49. The first-order chi connectivity index (χ1) is 13.2. The van der Waals surface area contributed by atoms with Crippen molar-refractivity contribution < 1.29 is 8.78 Å². The fourth-order valence-corrected chi connectivity index (χ4v) is 3.32. The van der Waals surface area contributed by atoms with Crippen LogP contribution in [0.2, 0.25) is 0 Å². The van der Waals surface area contributed by atoms with E-state index in [0.717, 1.165) is 34.1 Å². The normalized spacial score (nSPS) is 11.3. The van der Waals surface area contributed by atoms with Crippen LogP contribution in [0.25, 0.3) is 44.5 Å². The Hall–Kier alpha value is -3.60. The quantitative estimate of drug-likeness (QED) is 0.439. The summed E-state index contributed by atoms with van der Waals surface area (Å²) in [4.78, 5) is 12.7. The molecule has 0 bridgehead atoms. The third-order valence-corrected chi connectivity index (χ3v) is 4.61. The number of hydrogen-bond donors (Lipinski definition) is 1. The van der Waals surface area contributed by atoms with Crippen molar-refractivity contribution in [3.63, 3.8) is 0 Å². The van der Waals surface area contributed by atoms with Gasteiger partial charge in [0, 0.05) is 28.2 Å². The fraction of sp³-hybridized carbons (Fsp3) is 0. The molecule has 0 aliphatic carbocycles. The SMILES string of the molecule is Fc1ccc(-c2nc3ccccc3nc2-c2cccc3[nH]ccc23)cc1F. The molecule has 5 heteroatoms. The topological polar surface area (TPSA) is 41.6 Å². The molecular weight excluding hydrogens is 344 g/mol. The second-order valence-corrected chi connectivity index (χ2v) is 6.28. The van der Waals surface area contributed by atoms with Crippen molar-refractivity contribution in [2.45, 2.75) is 0 Å². The van der Waals surface area contributed by atoms with Crippen LogP contribution < -0.4 is 0 Å². The Morgan fingerprint density at radius 1 is 0.704 bits per heavy atom. The molecule has 5 aromatic rings. The van der Waals surface area contributed by atoms with E-state index in [1.807, 2.05) is 54.7 Å². The van der Waals surface area contributed by atoms with E-state index in [1.165, 1.54) is 6.07 Å². The smallest absolute Gasteiger partial charge is 0.159 e. The Kier molecular flexibility index (Phi) is 3.47. The first kappa shape index (κ1) is 15.6. The predicted octanol–water partition coefficient (Wildman–Crippen LogP) is 5.72. The van der Waals surface area contributed by atoms with Crippen molar-refractivity contribution in [1.82, 2.24) is 15.0 Å². The van der Waals surface area contributed by atoms with Crippen LogP contribution in [-0.2, 0) is 0 Å². The number of fused-ring (bicyclic) bond motifs is 2. The number of aromatic amines is 1. The van der Waals surface area contributed by atoms with Crippen molar-refractivity contribution in [2.75, 3.05) is 0 Å². The molecule has 0 aliphatic rings. The maximum Gasteiger partial charge on any atom is 0.159 e. The third-order valence-electron chi connectivity index (χ3n) is 4.61. The van der Waals surface area contributed by atoms with Gasteiger partial charge < -0.3 is 4.98 Å². The van der Waals surface area contributed by atoms with Gasteiger partial charge in [-0.3, -0.25) is 0 Å². The molecule has 130 valence electrons. The summed E-state index contributed by atoms with van der Waals surface area (Å²) in [6.45, 7) is 0. The summed E-state index contributed by atoms with van der Waals surface area (Å²) < 4.78 is 27.3. The molecule has 0 unspecified atom stereocenters. The van der Waals surface area contributed by atoms with E-state index >= 15 is 0 Å². The van der Waals surface area contributed by atoms with E-state index in [1.54, 1.807) is 0 Å². The number of H-pyrrole nitrogens is 1. The summed E-state index contributed by atoms with van der Waals surface area (Å²) in [6, 6.07) is 19.1. The molecule has 3 nitrogen and oxygen atoms in total. The second kappa shape index (κ2) is 5.99. The summed E-state index contributed by atoms with van der Waals surface area (Å²) in [5, 5.41) is 0.992. The van der Waals surface area contributed by atoms with Gasteiger partial charge in [0.1, 0.15) is 0 Å². The molecule has 2 heterocycles. The third kappa shape index (κ3) is 2.56. The predicted molar refractivity (Wildman–Crippen MR) is 102 cm³/mol. The zero-order valence-electron chi connectivity index (χ0n) is 14.1. The van der Waals surface area contributed by atoms with Crippen LogP contribution in [0.1, 0.15) is 0 Å². The lowest BCUT2D eigenvalue weighted by molar-refractivity contribution is 0.509. The fourth-order valence-electron chi connectivity index (χ4n) is 3.32. The van der Waals surface area contributed by atoms with Crippen molar-refractivity contribution >= 4 is 21.9 Å². The molecule has 0 saturated carbocycles. The molecule has 3 aromatic carbocycles. The van der Waals surface area contributed by atoms with Crippen LogP contribution in [0.5, 0.6) is 0 Å². The van der Waals surface area contributed by atoms with Gasteiger partial charge in [-0.15, -0.1) is 0 Å². The largest absolute Gasteiger partial charge is 0.361 e. The van der Waals surface area contributed by atoms with Crippen LogP contribution in [0.4, 0.5) is 8.78 Å². The van der Waals surface area contributed by atoms with E-state index < -0.39 is 11.6 Å². The molecule has 0 atom stereocenters. The molecule has 0 aliphatic heterocycles. The molecule has 1 N–H and O–H groups in total. The highest BCUT2D eigenvalue weighted by Crippen LogP contribution is 2.35. The Morgan fingerprint density at radius 3 is 2.26 bits per heavy atom. The van der Waals surface area contributed by atoms with Crippen LogP contribution >= 0.6 is 0 Å². The monoisotopic (exact) mass is 357 g/mol. The van der Waals surface area contributed by atoms with Crippen molar-refractivity contribution in [3.8, 4) is 22.5 Å². The number of aromatic nitrogens is 3. The van der Waals surface area contributed by atoms with Crippen molar-refractivity contribution in [2.24, 2.45) is 0 Å². The molecular formula is C22H13F2N3. The van der Waals surface area contributed by atoms with Gasteiger partial charge in [-0.1, -0.05) is 24.3 Å². The van der Waals surface area contributed by atoms with Gasteiger partial charge >= 0.3 is 0 Å². The van der Waals surface area contributed by atoms with Crippen LogP contribution in [0.15, 0.2) is 72.9 Å². The molecule has 0 radical (unpaired) electrons. The second-order valence-electron chi connectivity index (χ2n) is 6.28. The highest BCUT2D eigenvalue weighted by atomic mass is 19.2. The van der Waals surface area contributed by atoms with E-state index in [4.69, 9.17) is 9.97 Å². The Balaban J connectivity index is 1.87. The number of nitrogens with zero attached hydrogens (tertiary/aromatic N) is 2. The average Bonchev–Trinajstić information content (AvgIpc) is 3.18. The number of hydrogen-bond acceptors (Lipinski definition) is 2. The zero-order chi connectivity index (χ0) is 18.4. The Bertz CT molecular complexity index is 1310. The summed E-state index contributed by atoms with van der Waals surface area (Å²) in [5.74, 6) is -1.80. The molecule has 0 spiro atoms. The molecule has 5 rings (SSSR count). The van der Waals surface area contributed by atoms with Gasteiger partial charge in [0.2, 0.25) is 0 Å². The Morgan fingerprint density at radius 2 is 1.48 bits per heavy atom. The number of nitrogens with one attached hydrogen (secondary N) is 1. The van der Waals surface area contributed by atoms with E-state index in [0.29, 0.717) is 22.5 Å². The summed E-state index contributed by atoms with van der Waals surface area (Å²) in [5.41, 5.74) is 4.92. The van der Waals surface area contributed by atoms with Gasteiger partial charge in [-0.05, 0) is 42.5 Å². The zero-order valence-corrected chi connectivity index (χ0v) is 14.1. The lowest BCUT2D eigenvalue weighted by atomic mass is 10.0.